The van der Waals surface area contributed by atoms with Gasteiger partial charge in [0, 0.05) is 32.5 Å². The Morgan fingerprint density at radius 1 is 1.03 bits per heavy atom. The van der Waals surface area contributed by atoms with E-state index in [2.05, 4.69) is 28.5 Å². The second-order valence-corrected chi connectivity index (χ2v) is 9.62. The Kier molecular flexibility index (Phi) is 6.35. The van der Waals surface area contributed by atoms with Crippen LogP contribution in [0.5, 0.6) is 5.88 Å². The molecule has 1 heterocycles. The van der Waals surface area contributed by atoms with Gasteiger partial charge in [-0.25, -0.2) is 4.98 Å². The maximum absolute atomic E-state index is 12.4. The van der Waals surface area contributed by atoms with Gasteiger partial charge in [-0.3, -0.25) is 4.79 Å². The first-order valence-corrected chi connectivity index (χ1v) is 11.9. The lowest BCUT2D eigenvalue weighted by Crippen LogP contribution is -2.14. The van der Waals surface area contributed by atoms with Crippen LogP contribution in [0, 0.1) is 0 Å². The molecule has 0 spiro atoms. The van der Waals surface area contributed by atoms with Gasteiger partial charge >= 0.3 is 0 Å². The molecule has 1 saturated carbocycles. The lowest BCUT2D eigenvalue weighted by Gasteiger charge is -2.16. The molecule has 1 aliphatic carbocycles. The highest BCUT2D eigenvalue weighted by Gasteiger charge is 2.45. The van der Waals surface area contributed by atoms with E-state index >= 15 is 0 Å². The number of aromatic nitrogens is 1. The molecule has 30 heavy (non-hydrogen) atoms. The van der Waals surface area contributed by atoms with Crippen LogP contribution in [0.3, 0.4) is 0 Å². The summed E-state index contributed by atoms with van der Waals surface area (Å²) >= 11 is 3.54. The van der Waals surface area contributed by atoms with Crippen molar-refractivity contribution in [3.8, 4) is 5.88 Å². The SMILES string of the molecule is COc1ccc(SC2(c3ccc(NC(=O)Cc4ccc(SC)cc4)cc3)CC2)cn1. The Morgan fingerprint density at radius 3 is 2.30 bits per heavy atom. The van der Waals surface area contributed by atoms with Crippen LogP contribution >= 0.6 is 23.5 Å². The van der Waals surface area contributed by atoms with E-state index in [1.54, 1.807) is 18.9 Å². The van der Waals surface area contributed by atoms with E-state index in [1.807, 2.05) is 66.7 Å². The molecule has 1 fully saturated rings. The fourth-order valence-corrected chi connectivity index (χ4v) is 4.99. The highest BCUT2D eigenvalue weighted by Crippen LogP contribution is 2.59. The van der Waals surface area contributed by atoms with Gasteiger partial charge < -0.3 is 10.1 Å². The van der Waals surface area contributed by atoms with Crippen LogP contribution in [-0.2, 0) is 16.0 Å². The monoisotopic (exact) mass is 436 g/mol. The Bertz CT molecular complexity index is 999. The predicted molar refractivity (Wildman–Crippen MR) is 125 cm³/mol. The lowest BCUT2D eigenvalue weighted by atomic mass is 10.1. The van der Waals surface area contributed by atoms with Gasteiger partial charge in [-0.05, 0) is 60.6 Å². The summed E-state index contributed by atoms with van der Waals surface area (Å²) in [4.78, 5) is 19.0. The Hall–Kier alpha value is -2.44. The average molecular weight is 437 g/mol. The molecule has 4 nitrogen and oxygen atoms in total. The smallest absolute Gasteiger partial charge is 0.228 e. The van der Waals surface area contributed by atoms with E-state index < -0.39 is 0 Å². The number of thioether (sulfide) groups is 2. The summed E-state index contributed by atoms with van der Waals surface area (Å²) in [6.45, 7) is 0. The standard InChI is InChI=1S/C24H24N2O2S2/c1-28-23-12-11-21(16-25-23)30-24(13-14-24)18-5-7-19(8-6-18)26-22(27)15-17-3-9-20(29-2)10-4-17/h3-12,16H,13-15H2,1-2H3,(H,26,27). The molecule has 3 aromatic rings. The number of rotatable bonds is 8. The Morgan fingerprint density at radius 2 is 1.73 bits per heavy atom. The number of anilines is 1. The summed E-state index contributed by atoms with van der Waals surface area (Å²) < 4.78 is 5.25. The van der Waals surface area contributed by atoms with Gasteiger partial charge in [0.15, 0.2) is 0 Å². The summed E-state index contributed by atoms with van der Waals surface area (Å²) in [7, 11) is 1.62. The molecule has 1 aromatic heterocycles. The zero-order valence-corrected chi connectivity index (χ0v) is 18.7. The maximum Gasteiger partial charge on any atom is 0.228 e. The first-order valence-electron chi connectivity index (χ1n) is 9.83. The van der Waals surface area contributed by atoms with Crippen LogP contribution in [0.4, 0.5) is 5.69 Å². The topological polar surface area (TPSA) is 51.2 Å². The van der Waals surface area contributed by atoms with Crippen molar-refractivity contribution in [2.24, 2.45) is 0 Å². The third kappa shape index (κ3) is 4.99. The normalized spacial score (nSPS) is 14.2. The molecule has 2 aromatic carbocycles. The van der Waals surface area contributed by atoms with E-state index in [-0.39, 0.29) is 10.7 Å². The van der Waals surface area contributed by atoms with Crippen LogP contribution < -0.4 is 10.1 Å². The second-order valence-electron chi connectivity index (χ2n) is 7.28. The van der Waals surface area contributed by atoms with Crippen molar-refractivity contribution in [1.82, 2.24) is 4.98 Å². The largest absolute Gasteiger partial charge is 0.481 e. The van der Waals surface area contributed by atoms with Gasteiger partial charge in [0.25, 0.3) is 0 Å². The number of methoxy groups -OCH3 is 1. The van der Waals surface area contributed by atoms with Gasteiger partial charge in [0.2, 0.25) is 11.8 Å². The number of amides is 1. The van der Waals surface area contributed by atoms with Crippen LogP contribution in [-0.4, -0.2) is 24.3 Å². The first kappa shape index (κ1) is 20.8. The van der Waals surface area contributed by atoms with Crippen molar-refractivity contribution < 1.29 is 9.53 Å². The molecule has 6 heteroatoms. The molecule has 0 saturated heterocycles. The van der Waals surface area contributed by atoms with Gasteiger partial charge in [-0.15, -0.1) is 23.5 Å². The van der Waals surface area contributed by atoms with Gasteiger partial charge in [0.05, 0.1) is 13.5 Å². The maximum atomic E-state index is 12.4. The minimum absolute atomic E-state index is 0.000492. The number of hydrogen-bond donors (Lipinski definition) is 1. The molecule has 1 amide bonds. The zero-order valence-electron chi connectivity index (χ0n) is 17.1. The minimum atomic E-state index is -0.000492. The molecule has 1 N–H and O–H groups in total. The highest BCUT2D eigenvalue weighted by atomic mass is 32.2. The van der Waals surface area contributed by atoms with Gasteiger partial charge in [0.1, 0.15) is 0 Å². The fourth-order valence-electron chi connectivity index (χ4n) is 3.33. The number of carbonyl (C=O) groups is 1. The summed E-state index contributed by atoms with van der Waals surface area (Å²) in [6.07, 6.45) is 6.57. The predicted octanol–water partition coefficient (Wildman–Crippen LogP) is 5.77. The van der Waals surface area contributed by atoms with Crippen molar-refractivity contribution in [3.05, 3.63) is 78.0 Å². The number of benzene rings is 2. The molecule has 0 atom stereocenters. The molecule has 0 bridgehead atoms. The first-order chi connectivity index (χ1) is 14.6. The molecule has 4 rings (SSSR count). The number of hydrogen-bond acceptors (Lipinski definition) is 5. The van der Waals surface area contributed by atoms with E-state index in [4.69, 9.17) is 4.74 Å². The van der Waals surface area contributed by atoms with E-state index in [0.29, 0.717) is 12.3 Å². The number of ether oxygens (including phenoxy) is 1. The summed E-state index contributed by atoms with van der Waals surface area (Å²) in [6, 6.07) is 20.3. The second kappa shape index (κ2) is 9.14. The Labute approximate surface area is 185 Å². The number of pyridine rings is 1. The van der Waals surface area contributed by atoms with E-state index in [1.165, 1.54) is 10.5 Å². The third-order valence-corrected chi connectivity index (χ3v) is 7.41. The van der Waals surface area contributed by atoms with Gasteiger partial charge in [-0.2, -0.15) is 0 Å². The average Bonchev–Trinajstić information content (AvgIpc) is 3.56. The van der Waals surface area contributed by atoms with Crippen LogP contribution in [0.15, 0.2) is 76.7 Å². The van der Waals surface area contributed by atoms with Crippen LogP contribution in [0.25, 0.3) is 0 Å². The minimum Gasteiger partial charge on any atom is -0.481 e. The molecular formula is C24H24N2O2S2. The number of carbonyl (C=O) groups excluding carboxylic acids is 1. The summed E-state index contributed by atoms with van der Waals surface area (Å²) in [5, 5.41) is 3.01. The molecule has 0 unspecified atom stereocenters. The Balaban J connectivity index is 1.36. The third-order valence-electron chi connectivity index (χ3n) is 5.15. The van der Waals surface area contributed by atoms with E-state index in [9.17, 15) is 4.79 Å². The number of nitrogens with zero attached hydrogens (tertiary/aromatic N) is 1. The molecule has 1 aliphatic rings. The summed E-state index contributed by atoms with van der Waals surface area (Å²) in [5.74, 6) is 0.629. The van der Waals surface area contributed by atoms with Crippen molar-refractivity contribution in [3.63, 3.8) is 0 Å². The molecule has 0 aliphatic heterocycles. The fraction of sp³-hybridized carbons (Fsp3) is 0.250. The zero-order chi connectivity index (χ0) is 21.0. The van der Waals surface area contributed by atoms with E-state index in [0.717, 1.165) is 29.0 Å². The van der Waals surface area contributed by atoms with Crippen LogP contribution in [0.2, 0.25) is 0 Å². The van der Waals surface area contributed by atoms with Crippen molar-refractivity contribution in [1.29, 1.82) is 0 Å². The quantitative estimate of drug-likeness (QED) is 0.454. The molecule has 0 radical (unpaired) electrons. The number of nitrogens with one attached hydrogen (secondary N) is 1. The highest BCUT2D eigenvalue weighted by molar-refractivity contribution is 8.00. The lowest BCUT2D eigenvalue weighted by molar-refractivity contribution is -0.115. The van der Waals surface area contributed by atoms with Gasteiger partial charge in [-0.1, -0.05) is 24.3 Å². The van der Waals surface area contributed by atoms with Crippen molar-refractivity contribution in [2.75, 3.05) is 18.7 Å². The summed E-state index contributed by atoms with van der Waals surface area (Å²) in [5.41, 5.74) is 3.13. The van der Waals surface area contributed by atoms with Crippen molar-refractivity contribution in [2.45, 2.75) is 33.8 Å². The van der Waals surface area contributed by atoms with Crippen molar-refractivity contribution >= 4 is 35.1 Å². The molecule has 154 valence electrons. The molecular weight excluding hydrogens is 412 g/mol. The van der Waals surface area contributed by atoms with Crippen LogP contribution in [0.1, 0.15) is 24.0 Å².